The number of nitriles is 1. The lowest BCUT2D eigenvalue weighted by molar-refractivity contribution is -0.136. The van der Waals surface area contributed by atoms with E-state index in [9.17, 15) is 15.2 Å². The molecule has 4 atom stereocenters. The molecule has 2 aromatic carbocycles. The Morgan fingerprint density at radius 1 is 1.16 bits per heavy atom. The van der Waals surface area contributed by atoms with Crippen LogP contribution < -0.4 is 0 Å². The van der Waals surface area contributed by atoms with Crippen molar-refractivity contribution >= 4 is 29.1 Å². The third-order valence-corrected chi connectivity index (χ3v) is 9.91. The molecule has 1 saturated heterocycles. The molecule has 2 fully saturated rings. The second-order valence-corrected chi connectivity index (χ2v) is 13.1. The number of piperidine rings is 1. The number of carbonyl (C=O) groups is 1. The van der Waals surface area contributed by atoms with Crippen molar-refractivity contribution in [3.05, 3.63) is 92.7 Å². The number of hydrogen-bond acceptors (Lipinski definition) is 7. The molecule has 0 radical (unpaired) electrons. The van der Waals surface area contributed by atoms with Gasteiger partial charge in [-0.25, -0.2) is 18.7 Å². The summed E-state index contributed by atoms with van der Waals surface area (Å²) in [6.07, 6.45) is 2.27. The first-order chi connectivity index (χ1) is 21.8. The van der Waals surface area contributed by atoms with Crippen LogP contribution in [-0.2, 0) is 22.6 Å². The number of aromatic nitrogens is 2. The van der Waals surface area contributed by atoms with Crippen molar-refractivity contribution < 1.29 is 24.8 Å². The van der Waals surface area contributed by atoms with E-state index in [0.29, 0.717) is 23.7 Å². The molecule has 236 valence electrons. The highest BCUT2D eigenvalue weighted by Gasteiger charge is 2.58. The van der Waals surface area contributed by atoms with E-state index in [4.69, 9.17) is 29.3 Å². The third kappa shape index (κ3) is 5.29. The topological polar surface area (TPSA) is 103 Å². The number of amides is 1. The number of aliphatic hydroxyl groups is 1. The molecule has 8 nitrogen and oxygen atoms in total. The monoisotopic (exact) mass is 656 g/mol. The molecule has 45 heavy (non-hydrogen) atoms. The molecule has 1 aromatic heterocycles. The Labute approximate surface area is 271 Å². The first-order valence-corrected chi connectivity index (χ1v) is 15.5. The molecule has 3 heterocycles. The Morgan fingerprint density at radius 2 is 1.80 bits per heavy atom. The fourth-order valence-corrected chi connectivity index (χ4v) is 6.72. The molecule has 3 aliphatic rings. The number of benzene rings is 2. The van der Waals surface area contributed by atoms with E-state index < -0.39 is 40.5 Å². The summed E-state index contributed by atoms with van der Waals surface area (Å²) in [5.74, 6) is -1.40. The van der Waals surface area contributed by atoms with E-state index in [1.165, 1.54) is 23.4 Å². The van der Waals surface area contributed by atoms with Gasteiger partial charge in [-0.1, -0.05) is 42.3 Å². The zero-order valence-electron chi connectivity index (χ0n) is 25.9. The molecule has 1 N–H and O–H groups in total. The summed E-state index contributed by atoms with van der Waals surface area (Å²) in [5.41, 5.74) is -7.29. The highest BCUT2D eigenvalue weighted by atomic mass is 35.5. The molecule has 1 aliphatic carbocycles. The zero-order valence-corrected chi connectivity index (χ0v) is 26.4. The Hall–Kier alpha value is -3.20. The van der Waals surface area contributed by atoms with Gasteiger partial charge < -0.3 is 14.7 Å². The Bertz CT molecular complexity index is 1700. The minimum atomic E-state index is -2.09. The fraction of sp³-hybridized carbons (Fsp3) is 0.455. The van der Waals surface area contributed by atoms with E-state index in [1.54, 1.807) is 31.2 Å². The number of ether oxygens (including phenoxy) is 1. The van der Waals surface area contributed by atoms with Crippen molar-refractivity contribution in [1.29, 1.82) is 5.26 Å². The first-order valence-electron chi connectivity index (χ1n) is 15.4. The SMILES string of the molecule is [2H]C1CC1(C#N)CO[C@]1(c2ccc(Cl)cc2)c2c(F)cc(C(O)(CC)C3(F)CCN(C)CC3)cc2C(=O)N1Cc1ncc(Cl)cn1. The van der Waals surface area contributed by atoms with Crippen LogP contribution in [0.4, 0.5) is 8.78 Å². The van der Waals surface area contributed by atoms with Gasteiger partial charge in [-0.2, -0.15) is 5.26 Å². The zero-order chi connectivity index (χ0) is 33.1. The lowest BCUT2D eigenvalue weighted by atomic mass is 9.71. The molecule has 12 heteroatoms. The maximum absolute atomic E-state index is 16.9. The standard InChI is InChI=1S/C33H33Cl2F2N5O3/c1-3-32(44,31(37)10-12-41(2)13-11-31)22-14-25-28(26(36)15-22)33(21-4-6-23(34)7-5-21,45-20-30(19-38)8-9-30)42(29(25)43)18-27-39-16-24(35)17-40-27/h4-7,14-17,44H,3,8-13,18,20H2,1-2H3/t32?,33-/m1/s1/i8D/t8?,30?,32?,33-. The normalized spacial score (nSPS) is 27.4. The number of carbonyl (C=O) groups excluding carboxylic acids is 1. The second-order valence-electron chi connectivity index (χ2n) is 12.2. The van der Waals surface area contributed by atoms with E-state index >= 15 is 8.78 Å². The minimum Gasteiger partial charge on any atom is -0.382 e. The van der Waals surface area contributed by atoms with Crippen molar-refractivity contribution in [3.8, 4) is 6.07 Å². The van der Waals surface area contributed by atoms with Gasteiger partial charge in [0.05, 0.1) is 40.8 Å². The number of hydrogen-bond donors (Lipinski definition) is 1. The Kier molecular flexibility index (Phi) is 7.82. The summed E-state index contributed by atoms with van der Waals surface area (Å²) in [7, 11) is 1.87. The van der Waals surface area contributed by atoms with Crippen LogP contribution >= 0.6 is 23.2 Å². The van der Waals surface area contributed by atoms with Crippen molar-refractivity contribution in [2.45, 2.75) is 62.5 Å². The molecule has 3 aromatic rings. The average molecular weight is 658 g/mol. The number of rotatable bonds is 9. The fourth-order valence-electron chi connectivity index (χ4n) is 6.50. The van der Waals surface area contributed by atoms with Gasteiger partial charge in [0.25, 0.3) is 5.91 Å². The quantitative estimate of drug-likeness (QED) is 0.295. The van der Waals surface area contributed by atoms with E-state index in [2.05, 4.69) is 16.0 Å². The number of alkyl halides is 1. The largest absolute Gasteiger partial charge is 0.382 e. The lowest BCUT2D eigenvalue weighted by Gasteiger charge is -2.46. The van der Waals surface area contributed by atoms with Gasteiger partial charge >= 0.3 is 0 Å². The average Bonchev–Trinajstić information content (AvgIpc) is 3.64. The highest BCUT2D eigenvalue weighted by Crippen LogP contribution is 2.53. The number of nitrogens with zero attached hydrogens (tertiary/aromatic N) is 5. The maximum atomic E-state index is 16.9. The summed E-state index contributed by atoms with van der Waals surface area (Å²) in [4.78, 5) is 26.2. The van der Waals surface area contributed by atoms with Crippen LogP contribution in [0.5, 0.6) is 0 Å². The van der Waals surface area contributed by atoms with Gasteiger partial charge in [0.15, 0.2) is 5.72 Å². The predicted molar refractivity (Wildman–Crippen MR) is 164 cm³/mol. The van der Waals surface area contributed by atoms with Crippen LogP contribution in [-0.4, -0.2) is 63.2 Å². The summed E-state index contributed by atoms with van der Waals surface area (Å²) < 4.78 is 48.3. The molecule has 1 saturated carbocycles. The molecule has 6 rings (SSSR count). The number of halogens is 4. The van der Waals surface area contributed by atoms with Crippen LogP contribution in [0.25, 0.3) is 0 Å². The molecule has 3 unspecified atom stereocenters. The van der Waals surface area contributed by atoms with Crippen molar-refractivity contribution in [1.82, 2.24) is 19.8 Å². The van der Waals surface area contributed by atoms with E-state index in [1.807, 2.05) is 11.9 Å². The van der Waals surface area contributed by atoms with E-state index in [0.717, 1.165) is 6.07 Å². The molecule has 0 bridgehead atoms. The second kappa shape index (κ2) is 11.6. The van der Waals surface area contributed by atoms with Crippen molar-refractivity contribution in [2.75, 3.05) is 26.7 Å². The van der Waals surface area contributed by atoms with Gasteiger partial charge in [-0.15, -0.1) is 0 Å². The lowest BCUT2D eigenvalue weighted by Crippen LogP contribution is -2.54. The van der Waals surface area contributed by atoms with Crippen molar-refractivity contribution in [2.24, 2.45) is 5.41 Å². The summed E-state index contributed by atoms with van der Waals surface area (Å²) in [6.45, 7) is 1.90. The molecule has 0 spiro atoms. The number of fused-ring (bicyclic) bond motifs is 1. The Morgan fingerprint density at radius 3 is 2.38 bits per heavy atom. The smallest absolute Gasteiger partial charge is 0.257 e. The first kappa shape index (κ1) is 30.5. The van der Waals surface area contributed by atoms with Crippen LogP contribution in [0.15, 0.2) is 48.8 Å². The van der Waals surface area contributed by atoms with E-state index in [-0.39, 0.29) is 66.4 Å². The Balaban J connectivity index is 1.56. The molecule has 2 aliphatic heterocycles. The van der Waals surface area contributed by atoms with Crippen LogP contribution in [0.3, 0.4) is 0 Å². The molecular weight excluding hydrogens is 623 g/mol. The molecule has 1 amide bonds. The van der Waals surface area contributed by atoms with Crippen molar-refractivity contribution in [3.63, 3.8) is 0 Å². The number of likely N-dealkylation sites (tertiary alicyclic amines) is 1. The predicted octanol–water partition coefficient (Wildman–Crippen LogP) is 6.13. The molecular formula is C33H33Cl2F2N5O3. The van der Waals surface area contributed by atoms with Crippen LogP contribution in [0, 0.1) is 22.6 Å². The summed E-state index contributed by atoms with van der Waals surface area (Å²) >= 11 is 12.2. The van der Waals surface area contributed by atoms with Gasteiger partial charge in [-0.3, -0.25) is 9.69 Å². The van der Waals surface area contributed by atoms with Gasteiger partial charge in [0, 0.05) is 37.4 Å². The van der Waals surface area contributed by atoms with Gasteiger partial charge in [0.1, 0.15) is 22.9 Å². The third-order valence-electron chi connectivity index (χ3n) is 9.46. The minimum absolute atomic E-state index is 0.0306. The summed E-state index contributed by atoms with van der Waals surface area (Å²) in [5, 5.41) is 22.5. The van der Waals surface area contributed by atoms with Crippen LogP contribution in [0.1, 0.15) is 73.2 Å². The van der Waals surface area contributed by atoms with Crippen LogP contribution in [0.2, 0.25) is 10.0 Å². The maximum Gasteiger partial charge on any atom is 0.257 e. The van der Waals surface area contributed by atoms with Gasteiger partial charge in [-0.05, 0) is 69.0 Å². The highest BCUT2D eigenvalue weighted by molar-refractivity contribution is 6.30. The summed E-state index contributed by atoms with van der Waals surface area (Å²) in [6, 6.07) is 10.9. The van der Waals surface area contributed by atoms with Gasteiger partial charge in [0.2, 0.25) is 0 Å².